The minimum absolute atomic E-state index is 0.0198. The van der Waals surface area contributed by atoms with Gasteiger partial charge in [-0.05, 0) is 79.5 Å². The zero-order valence-electron chi connectivity index (χ0n) is 41.8. The van der Waals surface area contributed by atoms with Gasteiger partial charge in [0, 0.05) is 45.0 Å². The average molecular weight is 911 g/mol. The van der Waals surface area contributed by atoms with Crippen LogP contribution in [0.2, 0.25) is 0 Å². The van der Waals surface area contributed by atoms with Crippen molar-refractivity contribution in [3.05, 3.63) is 223 Å². The topological polar surface area (TPSA) is 41.9 Å². The molecule has 8 aromatic carbocycles. The molecular weight excluding hydrogens is 849 g/mol. The number of nitrogens with zero attached hydrogens (tertiary/aromatic N) is 4. The van der Waals surface area contributed by atoms with Gasteiger partial charge in [-0.15, -0.1) is 6.58 Å². The number of aromatic nitrogens is 3. The van der Waals surface area contributed by atoms with Crippen LogP contribution in [0.15, 0.2) is 207 Å². The minimum Gasteiger partial charge on any atom is -0.336 e. The number of hydrogen-bond acceptors (Lipinski definition) is 4. The smallest absolute Gasteiger partial charge is 0.164 e. The first-order chi connectivity index (χ1) is 33.7. The minimum atomic E-state index is -0.263. The lowest BCUT2D eigenvalue weighted by atomic mass is 9.78. The van der Waals surface area contributed by atoms with Crippen molar-refractivity contribution in [3.63, 3.8) is 0 Å². The van der Waals surface area contributed by atoms with E-state index in [2.05, 4.69) is 255 Å². The Morgan fingerprint density at radius 1 is 0.414 bits per heavy atom. The van der Waals surface area contributed by atoms with Gasteiger partial charge in [-0.2, -0.15) is 0 Å². The molecular formula is C66H62N4. The summed E-state index contributed by atoms with van der Waals surface area (Å²) in [6.45, 7) is 23.2. The number of rotatable bonds is 10. The molecule has 0 fully saturated rings. The van der Waals surface area contributed by atoms with Crippen LogP contribution >= 0.6 is 0 Å². The summed E-state index contributed by atoms with van der Waals surface area (Å²) in [5, 5.41) is 0. The van der Waals surface area contributed by atoms with Crippen LogP contribution in [0, 0.1) is 5.41 Å². The highest BCUT2D eigenvalue weighted by atomic mass is 15.2. The molecule has 1 aromatic heterocycles. The molecule has 4 nitrogen and oxygen atoms in total. The van der Waals surface area contributed by atoms with Crippen LogP contribution < -0.4 is 4.90 Å². The van der Waals surface area contributed by atoms with Crippen LogP contribution in [0.3, 0.4) is 0 Å². The van der Waals surface area contributed by atoms with E-state index in [-0.39, 0.29) is 22.3 Å². The maximum atomic E-state index is 5.40. The van der Waals surface area contributed by atoms with Crippen LogP contribution in [0.5, 0.6) is 0 Å². The first-order valence-electron chi connectivity index (χ1n) is 24.6. The predicted octanol–water partition coefficient (Wildman–Crippen LogP) is 17.4. The third-order valence-corrected chi connectivity index (χ3v) is 14.1. The first kappa shape index (κ1) is 46.1. The van der Waals surface area contributed by atoms with Gasteiger partial charge in [0.15, 0.2) is 17.5 Å². The molecule has 0 aliphatic carbocycles. The number of fused-ring (bicyclic) bond motifs is 1. The summed E-state index contributed by atoms with van der Waals surface area (Å²) < 4.78 is 0. The van der Waals surface area contributed by atoms with Crippen molar-refractivity contribution in [1.29, 1.82) is 0 Å². The van der Waals surface area contributed by atoms with E-state index < -0.39 is 0 Å². The zero-order chi connectivity index (χ0) is 48.8. The quantitative estimate of drug-likeness (QED) is 0.128. The molecule has 0 bridgehead atoms. The third-order valence-electron chi connectivity index (χ3n) is 14.1. The standard InChI is InChI=1S/C66H62N4/c1-10-66(8,9)58-42-52-39-54(64(2,3)4)43-57(65(5,6)7)59(52)70(58)60-55(48-27-19-13-20-28-48)40-53(41-56(60)49-29-21-14-22-30-49)63-68-61(50-35-31-46(32-36-50)44-23-15-11-16-24-44)67-62(69-63)51-37-33-47(34-38-51)45-25-17-12-18-26-45/h10-41,43,58H,1,42H2,2-9H3/t58-/m1/s1. The second-order valence-corrected chi connectivity index (χ2v) is 21.5. The van der Waals surface area contributed by atoms with E-state index in [1.54, 1.807) is 0 Å². The Morgan fingerprint density at radius 3 is 1.17 bits per heavy atom. The second kappa shape index (κ2) is 18.3. The Kier molecular flexibility index (Phi) is 12.1. The number of hydrogen-bond donors (Lipinski definition) is 0. The Morgan fingerprint density at radius 2 is 0.786 bits per heavy atom. The van der Waals surface area contributed by atoms with Crippen molar-refractivity contribution in [1.82, 2.24) is 15.0 Å². The molecule has 2 heterocycles. The molecule has 1 atom stereocenters. The molecule has 1 aliphatic heterocycles. The monoisotopic (exact) mass is 910 g/mol. The van der Waals surface area contributed by atoms with E-state index in [4.69, 9.17) is 15.0 Å². The molecule has 4 heteroatoms. The first-order valence-corrected chi connectivity index (χ1v) is 24.6. The summed E-state index contributed by atoms with van der Waals surface area (Å²) in [5.74, 6) is 1.84. The zero-order valence-corrected chi connectivity index (χ0v) is 41.8. The van der Waals surface area contributed by atoms with Crippen molar-refractivity contribution in [3.8, 4) is 78.7 Å². The van der Waals surface area contributed by atoms with Gasteiger partial charge in [-0.1, -0.05) is 243 Å². The molecule has 70 heavy (non-hydrogen) atoms. The lowest BCUT2D eigenvalue weighted by Crippen LogP contribution is -2.40. The van der Waals surface area contributed by atoms with Crippen LogP contribution in [0.4, 0.5) is 11.4 Å². The van der Waals surface area contributed by atoms with Gasteiger partial charge in [-0.25, -0.2) is 15.0 Å². The predicted molar refractivity (Wildman–Crippen MR) is 295 cm³/mol. The molecule has 0 saturated carbocycles. The van der Waals surface area contributed by atoms with Gasteiger partial charge >= 0.3 is 0 Å². The van der Waals surface area contributed by atoms with Gasteiger partial charge in [0.2, 0.25) is 0 Å². The van der Waals surface area contributed by atoms with Crippen molar-refractivity contribution >= 4 is 11.4 Å². The van der Waals surface area contributed by atoms with E-state index in [9.17, 15) is 0 Å². The normalized spacial score (nSPS) is 13.8. The Balaban J connectivity index is 1.25. The van der Waals surface area contributed by atoms with Gasteiger partial charge in [0.1, 0.15) is 0 Å². The van der Waals surface area contributed by atoms with Gasteiger partial charge < -0.3 is 4.90 Å². The van der Waals surface area contributed by atoms with E-state index in [0.717, 1.165) is 73.3 Å². The van der Waals surface area contributed by atoms with Crippen LogP contribution in [-0.4, -0.2) is 21.0 Å². The largest absolute Gasteiger partial charge is 0.336 e. The highest BCUT2D eigenvalue weighted by Gasteiger charge is 2.44. The average Bonchev–Trinajstić information content (AvgIpc) is 3.79. The lowest BCUT2D eigenvalue weighted by Gasteiger charge is -2.41. The van der Waals surface area contributed by atoms with Crippen LogP contribution in [0.1, 0.15) is 72.1 Å². The maximum Gasteiger partial charge on any atom is 0.164 e. The van der Waals surface area contributed by atoms with E-state index in [0.29, 0.717) is 17.5 Å². The Hall–Kier alpha value is -7.69. The SMILES string of the molecule is C=CC(C)(C)[C@H]1Cc2cc(C(C)(C)C)cc(C(C)(C)C)c2N1c1c(-c2ccccc2)cc(-c2nc(-c3ccc(-c4ccccc4)cc3)nc(-c3ccc(-c4ccccc4)cc3)n2)cc1-c1ccccc1. The van der Waals surface area contributed by atoms with Crippen molar-refractivity contribution in [2.24, 2.45) is 5.41 Å². The van der Waals surface area contributed by atoms with Crippen LogP contribution in [-0.2, 0) is 17.3 Å². The molecule has 346 valence electrons. The van der Waals surface area contributed by atoms with Gasteiger partial charge in [-0.3, -0.25) is 0 Å². The summed E-state index contributed by atoms with van der Waals surface area (Å²) in [6, 6.07) is 69.5. The Labute approximate surface area is 415 Å². The van der Waals surface area contributed by atoms with E-state index in [1.807, 2.05) is 12.1 Å². The molecule has 0 amide bonds. The van der Waals surface area contributed by atoms with E-state index >= 15 is 0 Å². The van der Waals surface area contributed by atoms with E-state index in [1.165, 1.54) is 22.4 Å². The van der Waals surface area contributed by atoms with Crippen molar-refractivity contribution < 1.29 is 0 Å². The summed E-state index contributed by atoms with van der Waals surface area (Å²) in [4.78, 5) is 18.7. The molecule has 0 N–H and O–H groups in total. The second-order valence-electron chi connectivity index (χ2n) is 21.5. The Bertz CT molecular complexity index is 3150. The molecule has 0 saturated heterocycles. The third kappa shape index (κ3) is 9.03. The highest BCUT2D eigenvalue weighted by Crippen LogP contribution is 2.55. The van der Waals surface area contributed by atoms with Gasteiger partial charge in [0.25, 0.3) is 0 Å². The van der Waals surface area contributed by atoms with Crippen molar-refractivity contribution in [2.45, 2.75) is 78.7 Å². The molecule has 0 unspecified atom stereocenters. The fourth-order valence-corrected chi connectivity index (χ4v) is 9.94. The fourth-order valence-electron chi connectivity index (χ4n) is 9.94. The molecule has 0 spiro atoms. The summed E-state index contributed by atoms with van der Waals surface area (Å²) in [6.07, 6.45) is 3.04. The van der Waals surface area contributed by atoms with Gasteiger partial charge in [0.05, 0.1) is 5.69 Å². The molecule has 1 aliphatic rings. The lowest BCUT2D eigenvalue weighted by molar-refractivity contribution is 0.378. The summed E-state index contributed by atoms with van der Waals surface area (Å²) in [5.41, 5.74) is 17.9. The summed E-state index contributed by atoms with van der Waals surface area (Å²) in [7, 11) is 0. The molecule has 10 rings (SSSR count). The molecule has 0 radical (unpaired) electrons. The molecule has 9 aromatic rings. The number of benzene rings is 8. The number of anilines is 2. The van der Waals surface area contributed by atoms with Crippen molar-refractivity contribution in [2.75, 3.05) is 4.90 Å². The fraction of sp³-hybridized carbons (Fsp3) is 0.197. The highest BCUT2D eigenvalue weighted by molar-refractivity contribution is 5.99. The maximum absolute atomic E-state index is 5.40. The van der Waals surface area contributed by atoms with Crippen LogP contribution in [0.25, 0.3) is 78.7 Å². The summed E-state index contributed by atoms with van der Waals surface area (Å²) >= 11 is 0.